The predicted octanol–water partition coefficient (Wildman–Crippen LogP) is 1.50. The molecule has 0 aromatic carbocycles. The van der Waals surface area contributed by atoms with Gasteiger partial charge in [-0.1, -0.05) is 6.08 Å². The Balaban J connectivity index is 1.68. The molecule has 0 bridgehead atoms. The Labute approximate surface area is 161 Å². The number of aromatic nitrogens is 2. The first-order chi connectivity index (χ1) is 13.5. The van der Waals surface area contributed by atoms with E-state index < -0.39 is 0 Å². The molecule has 28 heavy (non-hydrogen) atoms. The zero-order valence-corrected chi connectivity index (χ0v) is 15.7. The summed E-state index contributed by atoms with van der Waals surface area (Å²) in [6.45, 7) is 0. The third-order valence-corrected chi connectivity index (χ3v) is 4.99. The van der Waals surface area contributed by atoms with E-state index in [-0.39, 0.29) is 23.3 Å². The average Bonchev–Trinajstić information content (AvgIpc) is 3.46. The van der Waals surface area contributed by atoms with Crippen LogP contribution in [0.4, 0.5) is 11.5 Å². The smallest absolute Gasteiger partial charge is 0.259 e. The molecule has 144 valence electrons. The van der Waals surface area contributed by atoms with Gasteiger partial charge in [0.1, 0.15) is 5.82 Å². The summed E-state index contributed by atoms with van der Waals surface area (Å²) >= 11 is 0. The molecule has 0 unspecified atom stereocenters. The van der Waals surface area contributed by atoms with Crippen LogP contribution in [0, 0.1) is 5.92 Å². The maximum atomic E-state index is 12.6. The first-order valence-corrected chi connectivity index (χ1v) is 9.17. The van der Waals surface area contributed by atoms with Crippen molar-refractivity contribution in [3.8, 4) is 0 Å². The third-order valence-electron chi connectivity index (χ3n) is 4.99. The summed E-state index contributed by atoms with van der Waals surface area (Å²) in [7, 11) is 3.24. The van der Waals surface area contributed by atoms with Crippen LogP contribution in [-0.4, -0.2) is 28.4 Å². The zero-order valence-electron chi connectivity index (χ0n) is 15.7. The molecule has 0 saturated heterocycles. The summed E-state index contributed by atoms with van der Waals surface area (Å²) in [5.41, 5.74) is 2.87. The van der Waals surface area contributed by atoms with E-state index in [1.165, 1.54) is 17.8 Å². The van der Waals surface area contributed by atoms with Crippen LogP contribution in [0.25, 0.3) is 5.70 Å². The second kappa shape index (κ2) is 6.95. The van der Waals surface area contributed by atoms with E-state index in [2.05, 4.69) is 20.9 Å². The quantitative estimate of drug-likeness (QED) is 0.730. The highest BCUT2D eigenvalue weighted by atomic mass is 16.2. The highest BCUT2D eigenvalue weighted by molar-refractivity contribution is 6.02. The van der Waals surface area contributed by atoms with Gasteiger partial charge in [0.2, 0.25) is 5.91 Å². The number of anilines is 2. The fourth-order valence-electron chi connectivity index (χ4n) is 3.21. The van der Waals surface area contributed by atoms with Gasteiger partial charge in [-0.2, -0.15) is 0 Å². The maximum Gasteiger partial charge on any atom is 0.259 e. The van der Waals surface area contributed by atoms with Crippen molar-refractivity contribution in [2.45, 2.75) is 19.3 Å². The van der Waals surface area contributed by atoms with Crippen LogP contribution in [0.5, 0.6) is 0 Å². The molecule has 1 fully saturated rings. The van der Waals surface area contributed by atoms with E-state index in [1.807, 2.05) is 12.1 Å². The van der Waals surface area contributed by atoms with Gasteiger partial charge in [0.05, 0.1) is 16.8 Å². The molecule has 8 heteroatoms. The minimum Gasteiger partial charge on any atom is -0.355 e. The number of rotatable bonds is 5. The van der Waals surface area contributed by atoms with Gasteiger partial charge in [0.15, 0.2) is 0 Å². The Hall–Kier alpha value is -3.42. The molecule has 0 spiro atoms. The molecule has 2 heterocycles. The Morgan fingerprint density at radius 2 is 2.07 bits per heavy atom. The number of carbonyl (C=O) groups is 2. The molecule has 3 N–H and O–H groups in total. The Morgan fingerprint density at radius 3 is 2.79 bits per heavy atom. The standard InChI is InChI=1S/C20H21N5O3/c1-21-19(27)13-10-22-16(24-18(26)12-3-4-12)9-15(13)23-14-6-5-11-7-8-25(2)20(28)17(11)14/h6-10,12H,3-5H2,1-2H3,(H,21,27)(H2,22,23,24,26). The predicted molar refractivity (Wildman–Crippen MR) is 106 cm³/mol. The van der Waals surface area contributed by atoms with Crippen molar-refractivity contribution in [1.29, 1.82) is 0 Å². The van der Waals surface area contributed by atoms with Crippen molar-refractivity contribution in [2.24, 2.45) is 13.0 Å². The second-order valence-corrected chi connectivity index (χ2v) is 7.04. The molecule has 2 aliphatic rings. The Morgan fingerprint density at radius 1 is 1.29 bits per heavy atom. The number of hydrogen-bond acceptors (Lipinski definition) is 5. The number of aryl methyl sites for hydroxylation is 1. The number of fused-ring (bicyclic) bond motifs is 1. The SMILES string of the molecule is CNC(=O)c1cnc(NC(=O)C2CC2)cc1NC1=CCc2ccn(C)c(=O)c21. The lowest BCUT2D eigenvalue weighted by Gasteiger charge is -2.15. The van der Waals surface area contributed by atoms with E-state index >= 15 is 0 Å². The molecule has 0 atom stereocenters. The van der Waals surface area contributed by atoms with Crippen molar-refractivity contribution in [1.82, 2.24) is 14.9 Å². The first-order valence-electron chi connectivity index (χ1n) is 9.17. The summed E-state index contributed by atoms with van der Waals surface area (Å²) in [6.07, 6.45) is 7.50. The van der Waals surface area contributed by atoms with Gasteiger partial charge in [0, 0.05) is 44.2 Å². The number of hydrogen-bond donors (Lipinski definition) is 3. The molecule has 0 aliphatic heterocycles. The van der Waals surface area contributed by atoms with E-state index in [4.69, 9.17) is 0 Å². The van der Waals surface area contributed by atoms with Gasteiger partial charge in [-0.25, -0.2) is 4.98 Å². The van der Waals surface area contributed by atoms with E-state index in [0.717, 1.165) is 18.4 Å². The fraction of sp³-hybridized carbons (Fsp3) is 0.300. The molecule has 2 aromatic heterocycles. The van der Waals surface area contributed by atoms with Crippen LogP contribution in [0.2, 0.25) is 0 Å². The van der Waals surface area contributed by atoms with Gasteiger partial charge in [-0.15, -0.1) is 0 Å². The largest absolute Gasteiger partial charge is 0.355 e. The van der Waals surface area contributed by atoms with Crippen molar-refractivity contribution in [2.75, 3.05) is 17.7 Å². The van der Waals surface area contributed by atoms with Crippen LogP contribution < -0.4 is 21.5 Å². The molecule has 1 saturated carbocycles. The number of nitrogens with zero attached hydrogens (tertiary/aromatic N) is 2. The summed E-state index contributed by atoms with van der Waals surface area (Å²) in [5.74, 6) is 0.0383. The molecule has 4 rings (SSSR count). The lowest BCUT2D eigenvalue weighted by Crippen LogP contribution is -2.23. The number of carbonyl (C=O) groups excluding carboxylic acids is 2. The maximum absolute atomic E-state index is 12.6. The highest BCUT2D eigenvalue weighted by Crippen LogP contribution is 2.31. The summed E-state index contributed by atoms with van der Waals surface area (Å²) in [4.78, 5) is 41.1. The Bertz CT molecular complexity index is 1070. The fourth-order valence-corrected chi connectivity index (χ4v) is 3.21. The van der Waals surface area contributed by atoms with Crippen LogP contribution >= 0.6 is 0 Å². The van der Waals surface area contributed by atoms with Gasteiger partial charge < -0.3 is 20.5 Å². The molecule has 2 aliphatic carbocycles. The van der Waals surface area contributed by atoms with Gasteiger partial charge in [0.25, 0.3) is 11.5 Å². The van der Waals surface area contributed by atoms with Gasteiger partial charge in [-0.3, -0.25) is 14.4 Å². The zero-order chi connectivity index (χ0) is 19.8. The van der Waals surface area contributed by atoms with Crippen molar-refractivity contribution in [3.05, 3.63) is 57.6 Å². The minimum atomic E-state index is -0.310. The topological polar surface area (TPSA) is 105 Å². The van der Waals surface area contributed by atoms with Crippen molar-refractivity contribution >= 4 is 29.0 Å². The Kier molecular flexibility index (Phi) is 4.46. The number of allylic oxidation sites excluding steroid dienone is 1. The van der Waals surface area contributed by atoms with Crippen molar-refractivity contribution < 1.29 is 9.59 Å². The summed E-state index contributed by atoms with van der Waals surface area (Å²) in [5, 5.41) is 8.57. The average molecular weight is 379 g/mol. The van der Waals surface area contributed by atoms with E-state index in [9.17, 15) is 14.4 Å². The van der Waals surface area contributed by atoms with E-state index in [0.29, 0.717) is 34.8 Å². The third kappa shape index (κ3) is 3.28. The van der Waals surface area contributed by atoms with Crippen LogP contribution in [0.1, 0.15) is 34.3 Å². The summed E-state index contributed by atoms with van der Waals surface area (Å²) in [6, 6.07) is 3.53. The molecular weight excluding hydrogens is 358 g/mol. The van der Waals surface area contributed by atoms with Crippen molar-refractivity contribution in [3.63, 3.8) is 0 Å². The lowest BCUT2D eigenvalue weighted by atomic mass is 10.1. The molecule has 8 nitrogen and oxygen atoms in total. The molecule has 2 aromatic rings. The monoisotopic (exact) mass is 379 g/mol. The normalized spacial score (nSPS) is 14.9. The number of amides is 2. The van der Waals surface area contributed by atoms with Crippen LogP contribution in [0.15, 0.2) is 35.4 Å². The highest BCUT2D eigenvalue weighted by Gasteiger charge is 2.30. The number of nitrogens with one attached hydrogen (secondary N) is 3. The van der Waals surface area contributed by atoms with Gasteiger partial charge >= 0.3 is 0 Å². The van der Waals surface area contributed by atoms with E-state index in [1.54, 1.807) is 19.3 Å². The lowest BCUT2D eigenvalue weighted by molar-refractivity contribution is -0.117. The number of pyridine rings is 2. The minimum absolute atomic E-state index is 0.0456. The molecule has 0 radical (unpaired) electrons. The first kappa shape index (κ1) is 18.0. The van der Waals surface area contributed by atoms with Gasteiger partial charge in [-0.05, 0) is 30.9 Å². The molecule has 2 amide bonds. The molecular formula is C20H21N5O3. The van der Waals surface area contributed by atoms with Crippen LogP contribution in [0.3, 0.4) is 0 Å². The second-order valence-electron chi connectivity index (χ2n) is 7.04. The van der Waals surface area contributed by atoms with Crippen LogP contribution in [-0.2, 0) is 18.3 Å². The summed E-state index contributed by atoms with van der Waals surface area (Å²) < 4.78 is 1.52.